The number of rotatable bonds is 3. The van der Waals surface area contributed by atoms with E-state index in [0.717, 1.165) is 0 Å². The molecule has 0 saturated heterocycles. The molecule has 20 heavy (non-hydrogen) atoms. The molecule has 1 aliphatic heterocycles. The monoisotopic (exact) mass is 292 g/mol. The van der Waals surface area contributed by atoms with E-state index in [1.807, 2.05) is 0 Å². The van der Waals surface area contributed by atoms with Crippen molar-refractivity contribution in [3.63, 3.8) is 0 Å². The number of pyridine rings is 1. The molecular weight excluding hydrogens is 284 g/mol. The number of aromatic carboxylic acids is 1. The smallest absolute Gasteiger partial charge is 0.337 e. The van der Waals surface area contributed by atoms with Gasteiger partial charge in [-0.2, -0.15) is 0 Å². The summed E-state index contributed by atoms with van der Waals surface area (Å²) in [6.07, 6.45) is 1.24. The lowest BCUT2D eigenvalue weighted by atomic mass is 10.2. The van der Waals surface area contributed by atoms with Crippen LogP contribution in [0.2, 0.25) is 5.02 Å². The van der Waals surface area contributed by atoms with Crippen LogP contribution in [0.5, 0.6) is 11.5 Å². The second kappa shape index (κ2) is 4.90. The van der Waals surface area contributed by atoms with E-state index in [1.54, 1.807) is 18.2 Å². The molecule has 2 aromatic rings. The summed E-state index contributed by atoms with van der Waals surface area (Å²) in [7, 11) is 0. The van der Waals surface area contributed by atoms with Crippen molar-refractivity contribution < 1.29 is 19.4 Å². The molecule has 3 rings (SSSR count). The van der Waals surface area contributed by atoms with Gasteiger partial charge >= 0.3 is 5.97 Å². The van der Waals surface area contributed by atoms with Crippen molar-refractivity contribution in [2.45, 2.75) is 0 Å². The summed E-state index contributed by atoms with van der Waals surface area (Å²) < 4.78 is 10.5. The molecule has 1 aliphatic rings. The minimum absolute atomic E-state index is 0.0336. The number of carboxylic acid groups (broad SMARTS) is 1. The number of carboxylic acids is 1. The Morgan fingerprint density at radius 2 is 2.10 bits per heavy atom. The summed E-state index contributed by atoms with van der Waals surface area (Å²) in [5.74, 6) is 0.605. The highest BCUT2D eigenvalue weighted by atomic mass is 35.5. The molecule has 0 fully saturated rings. The second-order valence-electron chi connectivity index (χ2n) is 4.05. The molecule has 2 heterocycles. The largest absolute Gasteiger partial charge is 0.478 e. The van der Waals surface area contributed by atoms with Crippen LogP contribution >= 0.6 is 11.6 Å². The second-order valence-corrected chi connectivity index (χ2v) is 4.46. The zero-order valence-electron chi connectivity index (χ0n) is 10.1. The van der Waals surface area contributed by atoms with Crippen LogP contribution in [0.4, 0.5) is 11.5 Å². The van der Waals surface area contributed by atoms with E-state index in [0.29, 0.717) is 23.0 Å². The van der Waals surface area contributed by atoms with Gasteiger partial charge in [0, 0.05) is 18.0 Å². The van der Waals surface area contributed by atoms with Crippen LogP contribution < -0.4 is 14.8 Å². The first-order valence-corrected chi connectivity index (χ1v) is 6.07. The minimum Gasteiger partial charge on any atom is -0.478 e. The maximum absolute atomic E-state index is 10.8. The van der Waals surface area contributed by atoms with E-state index in [9.17, 15) is 4.79 Å². The van der Waals surface area contributed by atoms with E-state index in [-0.39, 0.29) is 17.4 Å². The quantitative estimate of drug-likeness (QED) is 0.905. The number of hydrogen-bond acceptors (Lipinski definition) is 5. The molecule has 1 aromatic heterocycles. The van der Waals surface area contributed by atoms with Crippen LogP contribution in [-0.2, 0) is 0 Å². The highest BCUT2D eigenvalue weighted by Crippen LogP contribution is 2.35. The number of nitrogens with zero attached hydrogens (tertiary/aromatic N) is 1. The highest BCUT2D eigenvalue weighted by Gasteiger charge is 2.14. The third-order valence-corrected chi connectivity index (χ3v) is 3.01. The fourth-order valence-electron chi connectivity index (χ4n) is 1.76. The predicted octanol–water partition coefficient (Wildman–Crippen LogP) is 2.91. The van der Waals surface area contributed by atoms with Crippen LogP contribution in [0, 0.1) is 0 Å². The number of anilines is 2. The van der Waals surface area contributed by atoms with Gasteiger partial charge < -0.3 is 19.9 Å². The fraction of sp³-hybridized carbons (Fsp3) is 0.0769. The van der Waals surface area contributed by atoms with Gasteiger partial charge in [0.1, 0.15) is 5.82 Å². The van der Waals surface area contributed by atoms with Crippen LogP contribution in [0.15, 0.2) is 30.5 Å². The van der Waals surface area contributed by atoms with Gasteiger partial charge in [-0.1, -0.05) is 11.6 Å². The van der Waals surface area contributed by atoms with E-state index >= 15 is 0 Å². The Morgan fingerprint density at radius 1 is 1.30 bits per heavy atom. The molecule has 7 heteroatoms. The van der Waals surface area contributed by atoms with Crippen molar-refractivity contribution in [3.05, 3.63) is 41.0 Å². The lowest BCUT2D eigenvalue weighted by molar-refractivity contribution is 0.0696. The number of carbonyl (C=O) groups is 1. The van der Waals surface area contributed by atoms with Crippen LogP contribution in [0.1, 0.15) is 10.4 Å². The normalized spacial score (nSPS) is 12.2. The zero-order chi connectivity index (χ0) is 14.1. The van der Waals surface area contributed by atoms with Crippen LogP contribution in [-0.4, -0.2) is 22.9 Å². The van der Waals surface area contributed by atoms with E-state index in [2.05, 4.69) is 10.3 Å². The first-order valence-electron chi connectivity index (χ1n) is 5.69. The summed E-state index contributed by atoms with van der Waals surface area (Å²) in [6, 6.07) is 6.65. The maximum Gasteiger partial charge on any atom is 0.337 e. The summed E-state index contributed by atoms with van der Waals surface area (Å²) >= 11 is 6.00. The SMILES string of the molecule is O=C(O)c1cnc(Nc2ccc3c(c2)OCO3)c(Cl)c1. The lowest BCUT2D eigenvalue weighted by Gasteiger charge is -2.08. The Morgan fingerprint density at radius 3 is 2.85 bits per heavy atom. The van der Waals surface area contributed by atoms with Crippen molar-refractivity contribution in [3.8, 4) is 11.5 Å². The Balaban J connectivity index is 1.86. The number of halogens is 1. The molecule has 102 valence electrons. The Kier molecular flexibility index (Phi) is 3.08. The Bertz CT molecular complexity index is 690. The number of aromatic nitrogens is 1. The summed E-state index contributed by atoms with van der Waals surface area (Å²) in [4.78, 5) is 14.8. The topological polar surface area (TPSA) is 80.7 Å². The molecule has 0 aliphatic carbocycles. The third kappa shape index (κ3) is 2.33. The Hall–Kier alpha value is -2.47. The standard InChI is InChI=1S/C13H9ClN2O4/c14-9-3-7(13(17)18)5-15-12(9)16-8-1-2-10-11(4-8)20-6-19-10/h1-5H,6H2,(H,15,16)(H,17,18). The molecule has 0 bridgehead atoms. The maximum atomic E-state index is 10.8. The highest BCUT2D eigenvalue weighted by molar-refractivity contribution is 6.33. The predicted molar refractivity (Wildman–Crippen MR) is 72.1 cm³/mol. The van der Waals surface area contributed by atoms with Crippen molar-refractivity contribution in [1.82, 2.24) is 4.98 Å². The van der Waals surface area contributed by atoms with Gasteiger partial charge in [-0.25, -0.2) is 9.78 Å². The molecule has 0 radical (unpaired) electrons. The molecule has 0 spiro atoms. The minimum atomic E-state index is -1.07. The van der Waals surface area contributed by atoms with Gasteiger partial charge in [0.2, 0.25) is 6.79 Å². The van der Waals surface area contributed by atoms with Gasteiger partial charge in [-0.05, 0) is 18.2 Å². The van der Waals surface area contributed by atoms with Crippen molar-refractivity contribution in [2.24, 2.45) is 0 Å². The number of ether oxygens (including phenoxy) is 2. The van der Waals surface area contributed by atoms with Gasteiger partial charge in [-0.15, -0.1) is 0 Å². The molecular formula is C13H9ClN2O4. The molecule has 0 saturated carbocycles. The molecule has 0 atom stereocenters. The summed E-state index contributed by atoms with van der Waals surface area (Å²) in [5.41, 5.74) is 0.748. The molecule has 2 N–H and O–H groups in total. The molecule has 6 nitrogen and oxygen atoms in total. The first kappa shape index (κ1) is 12.6. The first-order chi connectivity index (χ1) is 9.63. The number of nitrogens with one attached hydrogen (secondary N) is 1. The number of benzene rings is 1. The van der Waals surface area contributed by atoms with Gasteiger partial charge in [0.05, 0.1) is 10.6 Å². The number of fused-ring (bicyclic) bond motifs is 1. The third-order valence-electron chi connectivity index (χ3n) is 2.72. The average Bonchev–Trinajstić information content (AvgIpc) is 2.88. The summed E-state index contributed by atoms with van der Waals surface area (Å²) in [5, 5.41) is 12.1. The molecule has 0 unspecified atom stereocenters. The average molecular weight is 293 g/mol. The van der Waals surface area contributed by atoms with Crippen molar-refractivity contribution >= 4 is 29.1 Å². The van der Waals surface area contributed by atoms with Crippen LogP contribution in [0.25, 0.3) is 0 Å². The van der Waals surface area contributed by atoms with E-state index in [1.165, 1.54) is 12.3 Å². The van der Waals surface area contributed by atoms with Gasteiger partial charge in [0.25, 0.3) is 0 Å². The number of hydrogen-bond donors (Lipinski definition) is 2. The van der Waals surface area contributed by atoms with Crippen molar-refractivity contribution in [2.75, 3.05) is 12.1 Å². The van der Waals surface area contributed by atoms with Crippen LogP contribution in [0.3, 0.4) is 0 Å². The van der Waals surface area contributed by atoms with Crippen molar-refractivity contribution in [1.29, 1.82) is 0 Å². The lowest BCUT2D eigenvalue weighted by Crippen LogP contribution is -2.00. The Labute approximate surface area is 118 Å². The van der Waals surface area contributed by atoms with E-state index < -0.39 is 5.97 Å². The molecule has 0 amide bonds. The van der Waals surface area contributed by atoms with Gasteiger partial charge in [-0.3, -0.25) is 0 Å². The fourth-order valence-corrected chi connectivity index (χ4v) is 1.97. The van der Waals surface area contributed by atoms with Gasteiger partial charge in [0.15, 0.2) is 11.5 Å². The summed E-state index contributed by atoms with van der Waals surface area (Å²) in [6.45, 7) is 0.200. The zero-order valence-corrected chi connectivity index (χ0v) is 10.8. The van der Waals surface area contributed by atoms with E-state index in [4.69, 9.17) is 26.2 Å². The molecule has 1 aromatic carbocycles.